The van der Waals surface area contributed by atoms with Crippen molar-refractivity contribution in [3.05, 3.63) is 58.6 Å². The summed E-state index contributed by atoms with van der Waals surface area (Å²) in [6.45, 7) is 0.0663. The van der Waals surface area contributed by atoms with Crippen LogP contribution in [0.25, 0.3) is 0 Å². The summed E-state index contributed by atoms with van der Waals surface area (Å²) in [5.74, 6) is -1.77. The molecule has 0 aliphatic rings. The quantitative estimate of drug-likeness (QED) is 0.585. The first-order valence-electron chi connectivity index (χ1n) is 6.22. The Kier molecular flexibility index (Phi) is 5.96. The number of hydrogen-bond acceptors (Lipinski definition) is 3. The van der Waals surface area contributed by atoms with E-state index in [1.807, 2.05) is 24.3 Å². The van der Waals surface area contributed by atoms with Gasteiger partial charge in [0.25, 0.3) is 0 Å². The highest BCUT2D eigenvalue weighted by molar-refractivity contribution is 9.10. The van der Waals surface area contributed by atoms with Crippen molar-refractivity contribution >= 4 is 37.7 Å². The Morgan fingerprint density at radius 1 is 1.05 bits per heavy atom. The Morgan fingerprint density at radius 3 is 2.23 bits per heavy atom. The van der Waals surface area contributed by atoms with Gasteiger partial charge in [0.15, 0.2) is 4.90 Å². The summed E-state index contributed by atoms with van der Waals surface area (Å²) in [5, 5.41) is 0. The maximum Gasteiger partial charge on any atom is 0.246 e. The van der Waals surface area contributed by atoms with E-state index < -0.39 is 26.6 Å². The van der Waals surface area contributed by atoms with Gasteiger partial charge in [-0.3, -0.25) is 0 Å². The molecular formula is C14H12BrF2NO2S2. The second kappa shape index (κ2) is 7.54. The third-order valence-corrected chi connectivity index (χ3v) is 5.72. The number of nitrogens with one attached hydrogen (secondary N) is 1. The summed E-state index contributed by atoms with van der Waals surface area (Å²) < 4.78 is 54.0. The predicted molar refractivity (Wildman–Crippen MR) is 86.4 cm³/mol. The fourth-order valence-corrected chi connectivity index (χ4v) is 4.01. The first-order chi connectivity index (χ1) is 10.4. The molecule has 2 aromatic rings. The Bertz CT molecular complexity index is 732. The number of benzene rings is 2. The van der Waals surface area contributed by atoms with Gasteiger partial charge in [0.05, 0.1) is 0 Å². The summed E-state index contributed by atoms with van der Waals surface area (Å²) in [7, 11) is -4.20. The van der Waals surface area contributed by atoms with Crippen molar-refractivity contribution in [3.63, 3.8) is 0 Å². The molecule has 0 atom stereocenters. The number of hydrogen-bond donors (Lipinski definition) is 1. The van der Waals surface area contributed by atoms with Crippen molar-refractivity contribution in [1.82, 2.24) is 4.72 Å². The average molecular weight is 408 g/mol. The van der Waals surface area contributed by atoms with Crippen LogP contribution in [0.1, 0.15) is 0 Å². The van der Waals surface area contributed by atoms with E-state index >= 15 is 0 Å². The fourth-order valence-electron chi connectivity index (χ4n) is 1.69. The summed E-state index contributed by atoms with van der Waals surface area (Å²) in [4.78, 5) is 0.0307. The van der Waals surface area contributed by atoms with Gasteiger partial charge in [0.2, 0.25) is 10.0 Å². The molecule has 2 rings (SSSR count). The summed E-state index contributed by atoms with van der Waals surface area (Å²) in [6, 6.07) is 10.5. The standard InChI is InChI=1S/C14H12BrF2NO2S2/c15-10-4-6-11(7-5-10)21-9-8-18-22(19,20)14-12(16)2-1-3-13(14)17/h1-7,18H,8-9H2. The van der Waals surface area contributed by atoms with E-state index in [2.05, 4.69) is 20.7 Å². The van der Waals surface area contributed by atoms with Crippen molar-refractivity contribution < 1.29 is 17.2 Å². The summed E-state index contributed by atoms with van der Waals surface area (Å²) >= 11 is 4.76. The first kappa shape index (κ1) is 17.4. The van der Waals surface area contributed by atoms with Crippen LogP contribution < -0.4 is 4.72 Å². The van der Waals surface area contributed by atoms with Gasteiger partial charge in [-0.05, 0) is 36.4 Å². The number of thioether (sulfide) groups is 1. The molecule has 1 N–H and O–H groups in total. The minimum atomic E-state index is -4.20. The molecule has 0 spiro atoms. The van der Waals surface area contributed by atoms with Crippen molar-refractivity contribution in [2.24, 2.45) is 0 Å². The molecule has 0 unspecified atom stereocenters. The predicted octanol–water partition coefficient (Wildman–Crippen LogP) is 3.80. The van der Waals surface area contributed by atoms with Crippen LogP contribution in [0.15, 0.2) is 56.7 Å². The van der Waals surface area contributed by atoms with E-state index in [-0.39, 0.29) is 6.54 Å². The van der Waals surface area contributed by atoms with Crippen LogP contribution in [0.4, 0.5) is 8.78 Å². The summed E-state index contributed by atoms with van der Waals surface area (Å²) in [6.07, 6.45) is 0. The SMILES string of the molecule is O=S(=O)(NCCSc1ccc(Br)cc1)c1c(F)cccc1F. The third-order valence-electron chi connectivity index (χ3n) is 2.66. The molecule has 22 heavy (non-hydrogen) atoms. The van der Waals surface area contributed by atoms with Gasteiger partial charge < -0.3 is 0 Å². The van der Waals surface area contributed by atoms with Crippen molar-refractivity contribution in [2.75, 3.05) is 12.3 Å². The van der Waals surface area contributed by atoms with Gasteiger partial charge in [-0.15, -0.1) is 11.8 Å². The second-order valence-corrected chi connectivity index (χ2v) is 8.04. The first-order valence-corrected chi connectivity index (χ1v) is 9.48. The molecule has 8 heteroatoms. The van der Waals surface area contributed by atoms with E-state index in [0.29, 0.717) is 5.75 Å². The molecule has 0 aromatic heterocycles. The van der Waals surface area contributed by atoms with Crippen LogP contribution in [0.3, 0.4) is 0 Å². The van der Waals surface area contributed by atoms with Crippen LogP contribution in [-0.2, 0) is 10.0 Å². The highest BCUT2D eigenvalue weighted by Gasteiger charge is 2.23. The molecular weight excluding hydrogens is 396 g/mol. The van der Waals surface area contributed by atoms with Crippen LogP contribution in [-0.4, -0.2) is 20.7 Å². The Hall–Kier alpha value is -0.960. The van der Waals surface area contributed by atoms with E-state index in [1.54, 1.807) is 0 Å². The zero-order valence-electron chi connectivity index (χ0n) is 11.2. The lowest BCUT2D eigenvalue weighted by atomic mass is 10.3. The molecule has 2 aromatic carbocycles. The van der Waals surface area contributed by atoms with Crippen LogP contribution in [0, 0.1) is 11.6 Å². The van der Waals surface area contributed by atoms with Gasteiger partial charge in [0, 0.05) is 21.7 Å². The topological polar surface area (TPSA) is 46.2 Å². The van der Waals surface area contributed by atoms with E-state index in [9.17, 15) is 17.2 Å². The lowest BCUT2D eigenvalue weighted by molar-refractivity contribution is 0.515. The monoisotopic (exact) mass is 407 g/mol. The maximum atomic E-state index is 13.5. The van der Waals surface area contributed by atoms with Crippen molar-refractivity contribution in [3.8, 4) is 0 Å². The number of sulfonamides is 1. The van der Waals surface area contributed by atoms with Crippen molar-refractivity contribution in [1.29, 1.82) is 0 Å². The summed E-state index contributed by atoms with van der Waals surface area (Å²) in [5.41, 5.74) is 0. The van der Waals surface area contributed by atoms with Gasteiger partial charge in [-0.2, -0.15) is 0 Å². The minimum Gasteiger partial charge on any atom is -0.210 e. The molecule has 0 amide bonds. The lowest BCUT2D eigenvalue weighted by Crippen LogP contribution is -2.27. The Labute approximate surface area is 140 Å². The maximum absolute atomic E-state index is 13.5. The van der Waals surface area contributed by atoms with E-state index in [1.165, 1.54) is 11.8 Å². The lowest BCUT2D eigenvalue weighted by Gasteiger charge is -2.08. The second-order valence-electron chi connectivity index (χ2n) is 4.25. The van der Waals surface area contributed by atoms with E-state index in [4.69, 9.17) is 0 Å². The van der Waals surface area contributed by atoms with Crippen LogP contribution >= 0.6 is 27.7 Å². The Balaban J connectivity index is 1.94. The number of rotatable bonds is 6. The molecule has 0 heterocycles. The molecule has 0 saturated carbocycles. The molecule has 3 nitrogen and oxygen atoms in total. The van der Waals surface area contributed by atoms with Crippen LogP contribution in [0.5, 0.6) is 0 Å². The highest BCUT2D eigenvalue weighted by atomic mass is 79.9. The molecule has 118 valence electrons. The normalized spacial score (nSPS) is 11.6. The fraction of sp³-hybridized carbons (Fsp3) is 0.143. The highest BCUT2D eigenvalue weighted by Crippen LogP contribution is 2.21. The van der Waals surface area contributed by atoms with Crippen LogP contribution in [0.2, 0.25) is 0 Å². The van der Waals surface area contributed by atoms with Gasteiger partial charge >= 0.3 is 0 Å². The van der Waals surface area contributed by atoms with E-state index in [0.717, 1.165) is 27.6 Å². The van der Waals surface area contributed by atoms with Gasteiger partial charge in [-0.25, -0.2) is 21.9 Å². The van der Waals surface area contributed by atoms with Crippen molar-refractivity contribution in [2.45, 2.75) is 9.79 Å². The smallest absolute Gasteiger partial charge is 0.210 e. The molecule has 0 aliphatic heterocycles. The van der Waals surface area contributed by atoms with Gasteiger partial charge in [0.1, 0.15) is 11.6 Å². The molecule has 0 aliphatic carbocycles. The molecule has 0 fully saturated rings. The minimum absolute atomic E-state index is 0.0663. The third kappa shape index (κ3) is 4.52. The zero-order valence-corrected chi connectivity index (χ0v) is 14.4. The molecule has 0 bridgehead atoms. The molecule has 0 radical (unpaired) electrons. The Morgan fingerprint density at radius 2 is 1.64 bits per heavy atom. The molecule has 0 saturated heterocycles. The largest absolute Gasteiger partial charge is 0.246 e. The zero-order chi connectivity index (χ0) is 16.2. The number of halogens is 3. The average Bonchev–Trinajstić information content (AvgIpc) is 2.45. The van der Waals surface area contributed by atoms with Gasteiger partial charge in [-0.1, -0.05) is 22.0 Å².